The standard InChI is InChI=1S/C30H36ClN3O4/c31-29(36)23-8-12-26(13-9-23)38-25-10-6-22(7-11-25)19-33-16-14-24(15-17-33)34-20-28(35)32-27(30(34)37)18-21-4-2-1-3-5-21/h6-13,21,24,27H,1-5,14-20H2,(H,32,35)/t27-/m0/s1. The average molecular weight is 538 g/mol. The van der Waals surface area contributed by atoms with Crippen LogP contribution < -0.4 is 10.1 Å². The Morgan fingerprint density at radius 1 is 0.895 bits per heavy atom. The van der Waals surface area contributed by atoms with Gasteiger partial charge in [-0.25, -0.2) is 0 Å². The number of likely N-dealkylation sites (tertiary alicyclic amines) is 1. The molecule has 1 saturated carbocycles. The van der Waals surface area contributed by atoms with Crippen molar-refractivity contribution >= 4 is 28.7 Å². The van der Waals surface area contributed by atoms with Gasteiger partial charge in [0.2, 0.25) is 11.8 Å². The first-order chi connectivity index (χ1) is 18.4. The minimum atomic E-state index is -0.489. The van der Waals surface area contributed by atoms with Crippen LogP contribution in [0.4, 0.5) is 0 Å². The molecule has 2 heterocycles. The van der Waals surface area contributed by atoms with E-state index in [4.69, 9.17) is 16.3 Å². The number of carbonyl (C=O) groups is 3. The lowest BCUT2D eigenvalue weighted by Gasteiger charge is -2.42. The second-order valence-electron chi connectivity index (χ2n) is 10.9. The van der Waals surface area contributed by atoms with Gasteiger partial charge in [0.25, 0.3) is 5.24 Å². The van der Waals surface area contributed by atoms with E-state index < -0.39 is 5.24 Å². The van der Waals surface area contributed by atoms with Gasteiger partial charge in [0.1, 0.15) is 17.5 Å². The third-order valence-electron chi connectivity index (χ3n) is 8.17. The molecule has 7 nitrogen and oxygen atoms in total. The van der Waals surface area contributed by atoms with Crippen molar-refractivity contribution in [3.05, 3.63) is 59.7 Å². The number of hydrogen-bond acceptors (Lipinski definition) is 5. The van der Waals surface area contributed by atoms with Crippen LogP contribution in [-0.2, 0) is 16.1 Å². The summed E-state index contributed by atoms with van der Waals surface area (Å²) in [5.74, 6) is 2.02. The highest BCUT2D eigenvalue weighted by Crippen LogP contribution is 2.30. The van der Waals surface area contributed by atoms with Crippen LogP contribution in [0.1, 0.15) is 67.3 Å². The van der Waals surface area contributed by atoms with Crippen molar-refractivity contribution in [2.24, 2.45) is 5.92 Å². The molecule has 0 bridgehead atoms. The molecule has 0 unspecified atom stereocenters. The summed E-state index contributed by atoms with van der Waals surface area (Å²) in [4.78, 5) is 41.2. The molecule has 1 aliphatic carbocycles. The number of amides is 2. The third kappa shape index (κ3) is 6.75. The summed E-state index contributed by atoms with van der Waals surface area (Å²) >= 11 is 5.49. The predicted molar refractivity (Wildman–Crippen MR) is 146 cm³/mol. The van der Waals surface area contributed by atoms with Crippen LogP contribution in [0, 0.1) is 5.92 Å². The molecule has 2 saturated heterocycles. The summed E-state index contributed by atoms with van der Waals surface area (Å²) in [5, 5.41) is 2.49. The molecular weight excluding hydrogens is 502 g/mol. The fourth-order valence-corrected chi connectivity index (χ4v) is 6.19. The van der Waals surface area contributed by atoms with Crippen molar-refractivity contribution < 1.29 is 19.1 Å². The molecule has 1 N–H and O–H groups in total. The van der Waals surface area contributed by atoms with Crippen molar-refractivity contribution in [1.29, 1.82) is 0 Å². The van der Waals surface area contributed by atoms with Gasteiger partial charge >= 0.3 is 0 Å². The van der Waals surface area contributed by atoms with Gasteiger partial charge in [0, 0.05) is 31.2 Å². The van der Waals surface area contributed by atoms with Crippen molar-refractivity contribution in [2.75, 3.05) is 19.6 Å². The number of benzene rings is 2. The highest BCUT2D eigenvalue weighted by molar-refractivity contribution is 6.67. The lowest BCUT2D eigenvalue weighted by molar-refractivity contribution is -0.148. The second kappa shape index (κ2) is 12.3. The lowest BCUT2D eigenvalue weighted by atomic mass is 9.84. The molecule has 2 aromatic rings. The van der Waals surface area contributed by atoms with Gasteiger partial charge in [-0.05, 0) is 78.7 Å². The molecule has 38 heavy (non-hydrogen) atoms. The first-order valence-electron chi connectivity index (χ1n) is 13.8. The Balaban J connectivity index is 1.10. The van der Waals surface area contributed by atoms with Crippen LogP contribution in [0.5, 0.6) is 11.5 Å². The molecule has 5 rings (SSSR count). The first-order valence-corrected chi connectivity index (χ1v) is 14.2. The Hall–Kier alpha value is -2.90. The third-order valence-corrected chi connectivity index (χ3v) is 8.39. The number of rotatable bonds is 8. The van der Waals surface area contributed by atoms with Crippen molar-refractivity contribution in [2.45, 2.75) is 70.0 Å². The van der Waals surface area contributed by atoms with Crippen LogP contribution in [0.2, 0.25) is 0 Å². The molecule has 3 aliphatic rings. The van der Waals surface area contributed by atoms with Gasteiger partial charge in [0.15, 0.2) is 0 Å². The summed E-state index contributed by atoms with van der Waals surface area (Å²) in [5.41, 5.74) is 1.63. The van der Waals surface area contributed by atoms with Gasteiger partial charge in [-0.3, -0.25) is 19.3 Å². The van der Waals surface area contributed by atoms with E-state index in [0.717, 1.165) is 44.6 Å². The minimum Gasteiger partial charge on any atom is -0.457 e. The number of piperazine rings is 1. The maximum absolute atomic E-state index is 13.3. The molecule has 1 atom stereocenters. The highest BCUT2D eigenvalue weighted by Gasteiger charge is 2.38. The number of piperidine rings is 1. The number of ether oxygens (including phenoxy) is 1. The van der Waals surface area contributed by atoms with Crippen LogP contribution in [0.3, 0.4) is 0 Å². The van der Waals surface area contributed by atoms with Gasteiger partial charge in [-0.15, -0.1) is 0 Å². The Morgan fingerprint density at radius 3 is 2.16 bits per heavy atom. The van der Waals surface area contributed by atoms with Gasteiger partial charge < -0.3 is 15.0 Å². The molecule has 0 aromatic heterocycles. The van der Waals surface area contributed by atoms with E-state index in [0.29, 0.717) is 17.2 Å². The molecule has 2 amide bonds. The monoisotopic (exact) mass is 537 g/mol. The number of nitrogens with zero attached hydrogens (tertiary/aromatic N) is 2. The van der Waals surface area contributed by atoms with Crippen LogP contribution in [-0.4, -0.2) is 58.6 Å². The zero-order valence-corrected chi connectivity index (χ0v) is 22.5. The maximum atomic E-state index is 13.3. The molecule has 0 spiro atoms. The number of halogens is 1. The fraction of sp³-hybridized carbons (Fsp3) is 0.500. The lowest BCUT2D eigenvalue weighted by Crippen LogP contribution is -2.62. The molecular formula is C30H36ClN3O4. The first kappa shape index (κ1) is 26.7. The Labute approximate surface area is 229 Å². The van der Waals surface area contributed by atoms with Gasteiger partial charge in [-0.2, -0.15) is 0 Å². The fourth-order valence-electron chi connectivity index (χ4n) is 6.06. The van der Waals surface area contributed by atoms with E-state index in [2.05, 4.69) is 22.3 Å². The van der Waals surface area contributed by atoms with E-state index in [1.54, 1.807) is 24.3 Å². The SMILES string of the molecule is O=C1CN(C2CCN(Cc3ccc(Oc4ccc(C(=O)Cl)cc4)cc3)CC2)C(=O)[C@H](CC2CCCCC2)N1. The van der Waals surface area contributed by atoms with Crippen LogP contribution >= 0.6 is 11.6 Å². The summed E-state index contributed by atoms with van der Waals surface area (Å²) in [7, 11) is 0. The van der Waals surface area contributed by atoms with Crippen LogP contribution in [0.15, 0.2) is 48.5 Å². The van der Waals surface area contributed by atoms with E-state index in [9.17, 15) is 14.4 Å². The van der Waals surface area contributed by atoms with Crippen LogP contribution in [0.25, 0.3) is 0 Å². The molecule has 202 valence electrons. The normalized spacial score (nSPS) is 21.8. The largest absolute Gasteiger partial charge is 0.457 e. The van der Waals surface area contributed by atoms with E-state index in [-0.39, 0.29) is 30.4 Å². The zero-order chi connectivity index (χ0) is 26.5. The van der Waals surface area contributed by atoms with Crippen molar-refractivity contribution in [1.82, 2.24) is 15.1 Å². The number of carbonyl (C=O) groups excluding carboxylic acids is 3. The smallest absolute Gasteiger partial charge is 0.252 e. The van der Waals surface area contributed by atoms with E-state index >= 15 is 0 Å². The highest BCUT2D eigenvalue weighted by atomic mass is 35.5. The molecule has 8 heteroatoms. The molecule has 3 fully saturated rings. The van der Waals surface area contributed by atoms with Gasteiger partial charge in [-0.1, -0.05) is 44.2 Å². The summed E-state index contributed by atoms with van der Waals surface area (Å²) in [6.45, 7) is 2.82. The Bertz CT molecular complexity index is 1120. The Kier molecular flexibility index (Phi) is 8.65. The topological polar surface area (TPSA) is 79.0 Å². The second-order valence-corrected chi connectivity index (χ2v) is 11.2. The van der Waals surface area contributed by atoms with Crippen molar-refractivity contribution in [3.63, 3.8) is 0 Å². The zero-order valence-electron chi connectivity index (χ0n) is 21.7. The molecule has 0 radical (unpaired) electrons. The molecule has 2 aliphatic heterocycles. The van der Waals surface area contributed by atoms with Crippen molar-refractivity contribution in [3.8, 4) is 11.5 Å². The van der Waals surface area contributed by atoms with Gasteiger partial charge in [0.05, 0.1) is 6.54 Å². The van der Waals surface area contributed by atoms with E-state index in [1.807, 2.05) is 17.0 Å². The summed E-state index contributed by atoms with van der Waals surface area (Å²) in [6.07, 6.45) is 8.68. The average Bonchev–Trinajstić information content (AvgIpc) is 2.93. The quantitative estimate of drug-likeness (QED) is 0.473. The minimum absolute atomic E-state index is 0.0152. The van der Waals surface area contributed by atoms with E-state index in [1.165, 1.54) is 37.7 Å². The Morgan fingerprint density at radius 2 is 1.53 bits per heavy atom. The predicted octanol–water partition coefficient (Wildman–Crippen LogP) is 5.12. The number of hydrogen-bond donors (Lipinski definition) is 1. The summed E-state index contributed by atoms with van der Waals surface area (Å²) in [6, 6.07) is 14.5. The number of nitrogens with one attached hydrogen (secondary N) is 1. The summed E-state index contributed by atoms with van der Waals surface area (Å²) < 4.78 is 5.88. The maximum Gasteiger partial charge on any atom is 0.252 e. The molecule has 2 aromatic carbocycles.